The Morgan fingerprint density at radius 3 is 2.68 bits per heavy atom. The molecular formula is C22H32N3OS2+. The molecule has 6 heteroatoms. The lowest BCUT2D eigenvalue weighted by atomic mass is 10.0. The van der Waals surface area contributed by atoms with Gasteiger partial charge < -0.3 is 20.3 Å². The molecular weight excluding hydrogens is 386 g/mol. The number of morpholine rings is 1. The average Bonchev–Trinajstić information content (AvgIpc) is 3.26. The van der Waals surface area contributed by atoms with E-state index in [0.29, 0.717) is 0 Å². The number of quaternary nitrogens is 1. The van der Waals surface area contributed by atoms with E-state index < -0.39 is 0 Å². The predicted octanol–water partition coefficient (Wildman–Crippen LogP) is 2.56. The summed E-state index contributed by atoms with van der Waals surface area (Å²) < 4.78 is 5.42. The van der Waals surface area contributed by atoms with Gasteiger partial charge in [0, 0.05) is 17.8 Å². The highest BCUT2D eigenvalue weighted by Gasteiger charge is 2.17. The van der Waals surface area contributed by atoms with E-state index in [1.807, 2.05) is 0 Å². The maximum atomic E-state index is 5.60. The van der Waals surface area contributed by atoms with Gasteiger partial charge in [0.1, 0.15) is 13.1 Å². The summed E-state index contributed by atoms with van der Waals surface area (Å²) in [5, 5.41) is 9.78. The van der Waals surface area contributed by atoms with Crippen LogP contribution in [-0.2, 0) is 11.2 Å². The largest absolute Gasteiger partial charge is 0.370 e. The molecule has 1 aromatic heterocycles. The molecule has 2 aromatic rings. The standard InChI is InChI=1S/C22H31N3OS2/c1-2-5-18-7-9-19(10-8-18)21(20-6-3-17-28-20)24-22(27)23-11-4-12-25-13-15-26-16-14-25/h3,6-10,17,21H,2,4-5,11-16H2,1H3,(H2,23,24,27)/p+1/t21-/m0/s1. The monoisotopic (exact) mass is 418 g/mol. The van der Waals surface area contributed by atoms with Gasteiger partial charge in [-0.1, -0.05) is 43.7 Å². The number of hydrogen-bond acceptors (Lipinski definition) is 3. The van der Waals surface area contributed by atoms with Gasteiger partial charge in [0.2, 0.25) is 0 Å². The molecule has 1 aliphatic heterocycles. The first-order valence-electron chi connectivity index (χ1n) is 10.3. The molecule has 0 aliphatic carbocycles. The Labute approximate surface area is 178 Å². The molecule has 1 aliphatic rings. The van der Waals surface area contributed by atoms with E-state index in [9.17, 15) is 0 Å². The van der Waals surface area contributed by atoms with E-state index in [1.165, 1.54) is 29.0 Å². The lowest BCUT2D eigenvalue weighted by Crippen LogP contribution is -3.14. The molecule has 0 radical (unpaired) electrons. The molecule has 1 fully saturated rings. The van der Waals surface area contributed by atoms with Crippen LogP contribution in [0.25, 0.3) is 0 Å². The Balaban J connectivity index is 1.52. The summed E-state index contributed by atoms with van der Waals surface area (Å²) in [5.41, 5.74) is 2.65. The zero-order valence-corrected chi connectivity index (χ0v) is 18.3. The molecule has 0 spiro atoms. The Hall–Kier alpha value is -1.47. The number of aryl methyl sites for hydroxylation is 1. The first kappa shape index (κ1) is 21.2. The van der Waals surface area contributed by atoms with Gasteiger partial charge in [0.15, 0.2) is 5.11 Å². The number of ether oxygens (including phenoxy) is 1. The highest BCUT2D eigenvalue weighted by atomic mass is 32.1. The van der Waals surface area contributed by atoms with Crippen LogP contribution in [0.5, 0.6) is 0 Å². The summed E-state index contributed by atoms with van der Waals surface area (Å²) in [5.74, 6) is 0. The van der Waals surface area contributed by atoms with Gasteiger partial charge in [-0.25, -0.2) is 0 Å². The van der Waals surface area contributed by atoms with Crippen LogP contribution in [0.2, 0.25) is 0 Å². The molecule has 1 saturated heterocycles. The summed E-state index contributed by atoms with van der Waals surface area (Å²) in [6.45, 7) is 8.32. The Morgan fingerprint density at radius 2 is 2.00 bits per heavy atom. The molecule has 1 aromatic carbocycles. The molecule has 4 nitrogen and oxygen atoms in total. The lowest BCUT2D eigenvalue weighted by molar-refractivity contribution is -0.908. The third-order valence-corrected chi connectivity index (χ3v) is 6.35. The number of nitrogens with one attached hydrogen (secondary N) is 3. The normalized spacial score (nSPS) is 15.9. The van der Waals surface area contributed by atoms with Crippen molar-refractivity contribution in [2.24, 2.45) is 0 Å². The topological polar surface area (TPSA) is 37.7 Å². The molecule has 0 bridgehead atoms. The molecule has 0 saturated carbocycles. The van der Waals surface area contributed by atoms with Crippen molar-refractivity contribution in [3.05, 3.63) is 57.8 Å². The van der Waals surface area contributed by atoms with E-state index in [-0.39, 0.29) is 6.04 Å². The van der Waals surface area contributed by atoms with Crippen LogP contribution in [0.4, 0.5) is 0 Å². The lowest BCUT2D eigenvalue weighted by Gasteiger charge is -2.24. The number of rotatable bonds is 9. The van der Waals surface area contributed by atoms with Gasteiger partial charge in [-0.15, -0.1) is 11.3 Å². The quantitative estimate of drug-likeness (QED) is 0.432. The molecule has 28 heavy (non-hydrogen) atoms. The van der Waals surface area contributed by atoms with Crippen LogP contribution >= 0.6 is 23.6 Å². The summed E-state index contributed by atoms with van der Waals surface area (Å²) in [6, 6.07) is 13.3. The van der Waals surface area contributed by atoms with E-state index in [1.54, 1.807) is 16.2 Å². The van der Waals surface area contributed by atoms with Crippen LogP contribution < -0.4 is 15.5 Å². The smallest absolute Gasteiger partial charge is 0.167 e. The number of hydrogen-bond donors (Lipinski definition) is 3. The second kappa shape index (κ2) is 11.5. The van der Waals surface area contributed by atoms with Crippen LogP contribution in [0, 0.1) is 0 Å². The molecule has 152 valence electrons. The summed E-state index contributed by atoms with van der Waals surface area (Å²) in [7, 11) is 0. The zero-order chi connectivity index (χ0) is 19.6. The van der Waals surface area contributed by atoms with Gasteiger partial charge in [0.05, 0.1) is 25.8 Å². The fourth-order valence-corrected chi connectivity index (χ4v) is 4.59. The fraction of sp³-hybridized carbons (Fsp3) is 0.500. The van der Waals surface area contributed by atoms with Crippen molar-refractivity contribution >= 4 is 28.7 Å². The van der Waals surface area contributed by atoms with Crippen molar-refractivity contribution in [2.75, 3.05) is 39.4 Å². The van der Waals surface area contributed by atoms with Crippen LogP contribution in [0.1, 0.15) is 41.8 Å². The summed E-state index contributed by atoms with van der Waals surface area (Å²) in [4.78, 5) is 2.92. The maximum Gasteiger partial charge on any atom is 0.167 e. The highest BCUT2D eigenvalue weighted by Crippen LogP contribution is 2.26. The van der Waals surface area contributed by atoms with Gasteiger partial charge in [0.25, 0.3) is 0 Å². The Morgan fingerprint density at radius 1 is 1.21 bits per heavy atom. The van der Waals surface area contributed by atoms with E-state index >= 15 is 0 Å². The van der Waals surface area contributed by atoms with Crippen LogP contribution in [-0.4, -0.2) is 44.5 Å². The van der Waals surface area contributed by atoms with Crippen LogP contribution in [0.15, 0.2) is 41.8 Å². The van der Waals surface area contributed by atoms with E-state index in [4.69, 9.17) is 17.0 Å². The second-order valence-electron chi connectivity index (χ2n) is 7.31. The number of thiocarbonyl (C=S) groups is 1. The first-order chi connectivity index (χ1) is 13.8. The SMILES string of the molecule is CCCc1ccc([C@H](NC(=S)NCCC[NH+]2CCOCC2)c2cccs2)cc1. The summed E-state index contributed by atoms with van der Waals surface area (Å²) >= 11 is 7.36. The van der Waals surface area contributed by atoms with Gasteiger partial charge in [-0.05, 0) is 41.2 Å². The third kappa shape index (κ3) is 6.55. The van der Waals surface area contributed by atoms with Gasteiger partial charge in [-0.3, -0.25) is 0 Å². The molecule has 3 rings (SSSR count). The second-order valence-corrected chi connectivity index (χ2v) is 8.69. The minimum atomic E-state index is 0.0977. The van der Waals surface area contributed by atoms with E-state index in [0.717, 1.165) is 50.8 Å². The Kier molecular flexibility index (Phi) is 8.73. The Bertz CT molecular complexity index is 697. The first-order valence-corrected chi connectivity index (χ1v) is 11.6. The van der Waals surface area contributed by atoms with Crippen molar-refractivity contribution in [1.29, 1.82) is 0 Å². The molecule has 0 unspecified atom stereocenters. The van der Waals surface area contributed by atoms with Crippen LogP contribution in [0.3, 0.4) is 0 Å². The maximum absolute atomic E-state index is 5.60. The van der Waals surface area contributed by atoms with Crippen molar-refractivity contribution < 1.29 is 9.64 Å². The van der Waals surface area contributed by atoms with E-state index in [2.05, 4.69) is 59.3 Å². The highest BCUT2D eigenvalue weighted by molar-refractivity contribution is 7.80. The molecule has 2 heterocycles. The molecule has 1 atom stereocenters. The summed E-state index contributed by atoms with van der Waals surface area (Å²) in [6.07, 6.45) is 3.42. The van der Waals surface area contributed by atoms with Crippen molar-refractivity contribution in [2.45, 2.75) is 32.2 Å². The van der Waals surface area contributed by atoms with Gasteiger partial charge in [-0.2, -0.15) is 0 Å². The average molecular weight is 419 g/mol. The zero-order valence-electron chi connectivity index (χ0n) is 16.7. The van der Waals surface area contributed by atoms with Crippen molar-refractivity contribution in [3.8, 4) is 0 Å². The number of thiophene rings is 1. The van der Waals surface area contributed by atoms with Gasteiger partial charge >= 0.3 is 0 Å². The van der Waals surface area contributed by atoms with Crippen molar-refractivity contribution in [1.82, 2.24) is 10.6 Å². The third-order valence-electron chi connectivity index (χ3n) is 5.15. The predicted molar refractivity (Wildman–Crippen MR) is 121 cm³/mol. The molecule has 3 N–H and O–H groups in total. The minimum absolute atomic E-state index is 0.0977. The number of benzene rings is 1. The van der Waals surface area contributed by atoms with Crippen molar-refractivity contribution in [3.63, 3.8) is 0 Å². The fourth-order valence-electron chi connectivity index (χ4n) is 3.57. The minimum Gasteiger partial charge on any atom is -0.370 e. The molecule has 0 amide bonds.